The van der Waals surface area contributed by atoms with E-state index in [-0.39, 0.29) is 5.91 Å². The van der Waals surface area contributed by atoms with Crippen molar-refractivity contribution in [3.05, 3.63) is 43.9 Å². The van der Waals surface area contributed by atoms with Crippen LogP contribution >= 0.6 is 27.3 Å². The van der Waals surface area contributed by atoms with Gasteiger partial charge in [0.15, 0.2) is 0 Å². The Hall–Kier alpha value is -1.07. The van der Waals surface area contributed by atoms with Crippen molar-refractivity contribution >= 4 is 33.2 Å². The fourth-order valence-electron chi connectivity index (χ4n) is 1.74. The molecule has 0 spiro atoms. The molecule has 0 unspecified atom stereocenters. The first-order chi connectivity index (χ1) is 8.56. The Morgan fingerprint density at radius 3 is 2.78 bits per heavy atom. The Labute approximate surface area is 118 Å². The monoisotopic (exact) mass is 327 g/mol. The van der Waals surface area contributed by atoms with Crippen LogP contribution in [0, 0.1) is 13.8 Å². The molecule has 0 aliphatic rings. The highest BCUT2D eigenvalue weighted by Crippen LogP contribution is 2.22. The third-order valence-corrected chi connectivity index (χ3v) is 4.25. The SMILES string of the molecule is Cc1cc(C(=O)NCCc2ccc(Br)s2)c(C)o1. The molecule has 5 heteroatoms. The summed E-state index contributed by atoms with van der Waals surface area (Å²) in [5, 5.41) is 2.90. The van der Waals surface area contributed by atoms with E-state index >= 15 is 0 Å². The van der Waals surface area contributed by atoms with E-state index in [0.717, 1.165) is 16.0 Å². The molecule has 0 radical (unpaired) electrons. The lowest BCUT2D eigenvalue weighted by molar-refractivity contribution is 0.0952. The summed E-state index contributed by atoms with van der Waals surface area (Å²) in [6, 6.07) is 5.85. The van der Waals surface area contributed by atoms with E-state index in [4.69, 9.17) is 4.42 Å². The largest absolute Gasteiger partial charge is 0.466 e. The summed E-state index contributed by atoms with van der Waals surface area (Å²) in [6.07, 6.45) is 0.845. The van der Waals surface area contributed by atoms with E-state index in [1.54, 1.807) is 24.3 Å². The van der Waals surface area contributed by atoms with Crippen molar-refractivity contribution in [2.24, 2.45) is 0 Å². The van der Waals surface area contributed by atoms with Crippen molar-refractivity contribution in [3.63, 3.8) is 0 Å². The number of rotatable bonds is 4. The van der Waals surface area contributed by atoms with E-state index in [0.29, 0.717) is 17.9 Å². The molecule has 0 atom stereocenters. The van der Waals surface area contributed by atoms with Crippen molar-refractivity contribution in [2.45, 2.75) is 20.3 Å². The van der Waals surface area contributed by atoms with Gasteiger partial charge in [0.2, 0.25) is 0 Å². The molecule has 0 fully saturated rings. The number of halogens is 1. The van der Waals surface area contributed by atoms with Crippen LogP contribution in [0.2, 0.25) is 0 Å². The van der Waals surface area contributed by atoms with E-state index in [1.165, 1.54) is 4.88 Å². The number of amides is 1. The van der Waals surface area contributed by atoms with E-state index in [9.17, 15) is 4.79 Å². The minimum atomic E-state index is -0.0695. The van der Waals surface area contributed by atoms with Gasteiger partial charge in [0, 0.05) is 11.4 Å². The molecule has 2 heterocycles. The van der Waals surface area contributed by atoms with Crippen LogP contribution in [0.4, 0.5) is 0 Å². The van der Waals surface area contributed by atoms with Crippen molar-refractivity contribution in [3.8, 4) is 0 Å². The fraction of sp³-hybridized carbons (Fsp3) is 0.308. The molecule has 1 amide bonds. The second-order valence-electron chi connectivity index (χ2n) is 4.04. The Balaban J connectivity index is 1.87. The number of hydrogen-bond acceptors (Lipinski definition) is 3. The normalized spacial score (nSPS) is 10.6. The van der Waals surface area contributed by atoms with Crippen LogP contribution in [-0.2, 0) is 6.42 Å². The molecule has 2 aromatic heterocycles. The second-order valence-corrected chi connectivity index (χ2v) is 6.59. The lowest BCUT2D eigenvalue weighted by atomic mass is 10.2. The number of aryl methyl sites for hydroxylation is 2. The Bertz CT molecular complexity index is 559. The average molecular weight is 328 g/mol. The molecule has 0 aromatic carbocycles. The van der Waals surface area contributed by atoms with Crippen molar-refractivity contribution in [1.29, 1.82) is 0 Å². The first-order valence-electron chi connectivity index (χ1n) is 5.65. The fourth-order valence-corrected chi connectivity index (χ4v) is 3.22. The highest BCUT2D eigenvalue weighted by atomic mass is 79.9. The van der Waals surface area contributed by atoms with Gasteiger partial charge in [-0.05, 0) is 54.4 Å². The number of thiophene rings is 1. The van der Waals surface area contributed by atoms with Gasteiger partial charge in [-0.15, -0.1) is 11.3 Å². The summed E-state index contributed by atoms with van der Waals surface area (Å²) < 4.78 is 6.45. The summed E-state index contributed by atoms with van der Waals surface area (Å²) >= 11 is 5.11. The van der Waals surface area contributed by atoms with Gasteiger partial charge in [-0.3, -0.25) is 4.79 Å². The summed E-state index contributed by atoms with van der Waals surface area (Å²) in [7, 11) is 0. The molecule has 0 bridgehead atoms. The molecule has 0 saturated heterocycles. The molecule has 2 aromatic rings. The number of carbonyl (C=O) groups is 1. The summed E-state index contributed by atoms with van der Waals surface area (Å²) in [5.41, 5.74) is 0.625. The average Bonchev–Trinajstić information content (AvgIpc) is 2.85. The zero-order valence-electron chi connectivity index (χ0n) is 10.2. The zero-order chi connectivity index (χ0) is 13.1. The highest BCUT2D eigenvalue weighted by Gasteiger charge is 2.12. The lowest BCUT2D eigenvalue weighted by Gasteiger charge is -2.02. The van der Waals surface area contributed by atoms with Crippen LogP contribution in [0.5, 0.6) is 0 Å². The maximum absolute atomic E-state index is 11.9. The number of hydrogen-bond donors (Lipinski definition) is 1. The first kappa shape index (κ1) is 13.4. The molecule has 3 nitrogen and oxygen atoms in total. The highest BCUT2D eigenvalue weighted by molar-refractivity contribution is 9.11. The second kappa shape index (κ2) is 5.71. The van der Waals surface area contributed by atoms with Crippen molar-refractivity contribution in [2.75, 3.05) is 6.54 Å². The molecular weight excluding hydrogens is 314 g/mol. The predicted octanol–water partition coefficient (Wildman–Crippen LogP) is 3.69. The van der Waals surface area contributed by atoms with E-state index in [1.807, 2.05) is 13.0 Å². The van der Waals surface area contributed by atoms with Crippen LogP contribution in [0.25, 0.3) is 0 Å². The zero-order valence-corrected chi connectivity index (χ0v) is 12.7. The maximum Gasteiger partial charge on any atom is 0.254 e. The van der Waals surface area contributed by atoms with Crippen LogP contribution in [-0.4, -0.2) is 12.5 Å². The Morgan fingerprint density at radius 1 is 1.44 bits per heavy atom. The Kier molecular flexibility index (Phi) is 4.24. The van der Waals surface area contributed by atoms with Gasteiger partial charge in [0.05, 0.1) is 9.35 Å². The summed E-state index contributed by atoms with van der Waals surface area (Å²) in [5.74, 6) is 1.36. The minimum absolute atomic E-state index is 0.0695. The van der Waals surface area contributed by atoms with Crippen molar-refractivity contribution < 1.29 is 9.21 Å². The summed E-state index contributed by atoms with van der Waals surface area (Å²) in [4.78, 5) is 13.1. The van der Waals surface area contributed by atoms with E-state index < -0.39 is 0 Å². The number of carbonyl (C=O) groups excluding carboxylic acids is 1. The van der Waals surface area contributed by atoms with Crippen LogP contribution < -0.4 is 5.32 Å². The number of furan rings is 1. The van der Waals surface area contributed by atoms with Gasteiger partial charge in [0.25, 0.3) is 5.91 Å². The first-order valence-corrected chi connectivity index (χ1v) is 7.26. The lowest BCUT2D eigenvalue weighted by Crippen LogP contribution is -2.25. The molecule has 2 rings (SSSR count). The van der Waals surface area contributed by atoms with Crippen LogP contribution in [0.15, 0.2) is 26.4 Å². The molecule has 0 aliphatic carbocycles. The molecule has 96 valence electrons. The van der Waals surface area contributed by atoms with Gasteiger partial charge in [-0.25, -0.2) is 0 Å². The molecular formula is C13H14BrNO2S. The van der Waals surface area contributed by atoms with Gasteiger partial charge in [-0.1, -0.05) is 0 Å². The predicted molar refractivity (Wildman–Crippen MR) is 76.2 cm³/mol. The molecule has 0 aliphatic heterocycles. The number of nitrogens with one attached hydrogen (secondary N) is 1. The molecule has 1 N–H and O–H groups in total. The summed E-state index contributed by atoms with van der Waals surface area (Å²) in [6.45, 7) is 4.28. The van der Waals surface area contributed by atoms with Gasteiger partial charge < -0.3 is 9.73 Å². The standard InChI is InChI=1S/C13H14BrNO2S/c1-8-7-11(9(2)17-8)13(16)15-6-5-10-3-4-12(14)18-10/h3-4,7H,5-6H2,1-2H3,(H,15,16). The van der Waals surface area contributed by atoms with Gasteiger partial charge >= 0.3 is 0 Å². The third kappa shape index (κ3) is 3.23. The van der Waals surface area contributed by atoms with Crippen molar-refractivity contribution in [1.82, 2.24) is 5.32 Å². The third-order valence-electron chi connectivity index (χ3n) is 2.57. The van der Waals surface area contributed by atoms with E-state index in [2.05, 4.69) is 27.3 Å². The minimum Gasteiger partial charge on any atom is -0.466 e. The quantitative estimate of drug-likeness (QED) is 0.930. The topological polar surface area (TPSA) is 42.2 Å². The van der Waals surface area contributed by atoms with Crippen LogP contribution in [0.1, 0.15) is 26.8 Å². The Morgan fingerprint density at radius 2 is 2.22 bits per heavy atom. The smallest absolute Gasteiger partial charge is 0.254 e. The maximum atomic E-state index is 11.9. The van der Waals surface area contributed by atoms with Gasteiger partial charge in [0.1, 0.15) is 11.5 Å². The molecule has 0 saturated carbocycles. The van der Waals surface area contributed by atoms with Crippen LogP contribution in [0.3, 0.4) is 0 Å². The van der Waals surface area contributed by atoms with Gasteiger partial charge in [-0.2, -0.15) is 0 Å². The molecule has 18 heavy (non-hydrogen) atoms.